The van der Waals surface area contributed by atoms with E-state index in [0.717, 1.165) is 25.7 Å². The van der Waals surface area contributed by atoms with Gasteiger partial charge in [0.2, 0.25) is 5.82 Å². The van der Waals surface area contributed by atoms with Crippen LogP contribution in [-0.4, -0.2) is 62.8 Å². The van der Waals surface area contributed by atoms with Crippen molar-refractivity contribution in [3.05, 3.63) is 24.5 Å². The van der Waals surface area contributed by atoms with E-state index in [9.17, 15) is 4.79 Å². The van der Waals surface area contributed by atoms with Gasteiger partial charge in [0.15, 0.2) is 0 Å². The van der Waals surface area contributed by atoms with E-state index in [4.69, 9.17) is 14.0 Å². The van der Waals surface area contributed by atoms with Crippen molar-refractivity contribution in [2.24, 2.45) is 0 Å². The van der Waals surface area contributed by atoms with Crippen molar-refractivity contribution in [2.75, 3.05) is 19.7 Å². The zero-order valence-corrected chi connectivity index (χ0v) is 14.4. The molecule has 1 amide bonds. The van der Waals surface area contributed by atoms with E-state index in [2.05, 4.69) is 20.1 Å². The number of hydrogen-bond donors (Lipinski definition) is 0. The fourth-order valence-electron chi connectivity index (χ4n) is 3.24. The second kappa shape index (κ2) is 7.88. The average molecular weight is 359 g/mol. The third-order valence-corrected chi connectivity index (χ3v) is 4.66. The summed E-state index contributed by atoms with van der Waals surface area (Å²) in [5.74, 6) is 0.920. The van der Waals surface area contributed by atoms with Crippen LogP contribution in [0.2, 0.25) is 0 Å². The van der Waals surface area contributed by atoms with Crippen molar-refractivity contribution >= 4 is 5.91 Å². The van der Waals surface area contributed by atoms with Crippen LogP contribution in [0.15, 0.2) is 23.1 Å². The minimum atomic E-state index is -0.245. The number of ether oxygens (including phenoxy) is 2. The van der Waals surface area contributed by atoms with Crippen LogP contribution in [0.5, 0.6) is 0 Å². The molecule has 138 valence electrons. The first kappa shape index (κ1) is 17.0. The van der Waals surface area contributed by atoms with Crippen molar-refractivity contribution in [1.82, 2.24) is 25.0 Å². The molecule has 0 saturated carbocycles. The molecule has 0 radical (unpaired) electrons. The van der Waals surface area contributed by atoms with Crippen LogP contribution in [0, 0.1) is 0 Å². The summed E-state index contributed by atoms with van der Waals surface area (Å²) in [7, 11) is 0. The molecule has 9 nitrogen and oxygen atoms in total. The molecule has 0 unspecified atom stereocenters. The van der Waals surface area contributed by atoms with Crippen LogP contribution in [-0.2, 0) is 20.9 Å². The summed E-state index contributed by atoms with van der Waals surface area (Å²) in [6, 6.07) is 0. The predicted molar refractivity (Wildman–Crippen MR) is 88.7 cm³/mol. The first-order valence-corrected chi connectivity index (χ1v) is 8.90. The molecule has 2 aromatic heterocycles. The fourth-order valence-corrected chi connectivity index (χ4v) is 3.24. The molecule has 1 atom stereocenters. The number of amides is 1. The number of rotatable bonds is 5. The number of nitrogens with zero attached hydrogens (tertiary/aromatic N) is 5. The van der Waals surface area contributed by atoms with Gasteiger partial charge >= 0.3 is 0 Å². The van der Waals surface area contributed by atoms with Crippen LogP contribution in [0.1, 0.15) is 31.6 Å². The smallest absolute Gasteiger partial charge is 0.253 e. The zero-order valence-electron chi connectivity index (χ0n) is 14.4. The Labute approximate surface area is 150 Å². The van der Waals surface area contributed by atoms with E-state index in [-0.39, 0.29) is 24.7 Å². The number of hydrogen-bond acceptors (Lipinski definition) is 8. The van der Waals surface area contributed by atoms with Gasteiger partial charge in [0.1, 0.15) is 18.4 Å². The highest BCUT2D eigenvalue weighted by molar-refractivity contribution is 5.81. The monoisotopic (exact) mass is 359 g/mol. The maximum Gasteiger partial charge on any atom is 0.253 e. The van der Waals surface area contributed by atoms with Crippen molar-refractivity contribution in [2.45, 2.75) is 44.5 Å². The highest BCUT2D eigenvalue weighted by Gasteiger charge is 2.31. The van der Waals surface area contributed by atoms with Crippen molar-refractivity contribution < 1.29 is 18.8 Å². The maximum atomic E-state index is 12.3. The Bertz CT molecular complexity index is 724. The summed E-state index contributed by atoms with van der Waals surface area (Å²) in [5.41, 5.74) is 0.559. The van der Waals surface area contributed by atoms with Crippen LogP contribution in [0.3, 0.4) is 0 Å². The van der Waals surface area contributed by atoms with E-state index < -0.39 is 0 Å². The molecule has 0 bridgehead atoms. The predicted octanol–water partition coefficient (Wildman–Crippen LogP) is 1.21. The molecule has 0 aromatic carbocycles. The number of likely N-dealkylation sites (tertiary alicyclic amines) is 1. The lowest BCUT2D eigenvalue weighted by molar-refractivity contribution is -0.143. The molecule has 26 heavy (non-hydrogen) atoms. The van der Waals surface area contributed by atoms with E-state index in [1.54, 1.807) is 18.6 Å². The molecule has 0 aliphatic carbocycles. The van der Waals surface area contributed by atoms with Crippen LogP contribution in [0.4, 0.5) is 0 Å². The second-order valence-corrected chi connectivity index (χ2v) is 6.44. The fraction of sp³-hybridized carbons (Fsp3) is 0.588. The lowest BCUT2D eigenvalue weighted by atomic mass is 10.1. The molecule has 2 fully saturated rings. The number of aromatic nitrogens is 4. The standard InChI is InChI=1S/C17H21N5O4/c23-17(14-2-1-9-24-14)22-7-3-12(4-8-22)25-11-15-20-16(21-26-15)13-10-18-5-6-19-13/h5-6,10,12,14H,1-4,7-9,11H2/t14-/m1/s1. The lowest BCUT2D eigenvalue weighted by Crippen LogP contribution is -2.45. The van der Waals surface area contributed by atoms with Crippen LogP contribution in [0.25, 0.3) is 11.5 Å². The Kier molecular flexibility index (Phi) is 5.16. The first-order valence-electron chi connectivity index (χ1n) is 8.90. The molecular formula is C17H21N5O4. The van der Waals surface area contributed by atoms with Gasteiger partial charge in [-0.15, -0.1) is 0 Å². The van der Waals surface area contributed by atoms with Crippen molar-refractivity contribution in [3.8, 4) is 11.5 Å². The van der Waals surface area contributed by atoms with Gasteiger partial charge in [-0.05, 0) is 25.7 Å². The molecule has 0 N–H and O–H groups in total. The Morgan fingerprint density at radius 3 is 2.88 bits per heavy atom. The molecule has 4 rings (SSSR count). The van der Waals surface area contributed by atoms with Crippen molar-refractivity contribution in [3.63, 3.8) is 0 Å². The maximum absolute atomic E-state index is 12.3. The Morgan fingerprint density at radius 2 is 2.15 bits per heavy atom. The Morgan fingerprint density at radius 1 is 1.27 bits per heavy atom. The first-order chi connectivity index (χ1) is 12.8. The summed E-state index contributed by atoms with van der Waals surface area (Å²) in [6.45, 7) is 2.32. The van der Waals surface area contributed by atoms with Gasteiger partial charge in [0.05, 0.1) is 12.3 Å². The average Bonchev–Trinajstić information content (AvgIpc) is 3.39. The van der Waals surface area contributed by atoms with Crippen LogP contribution >= 0.6 is 0 Å². The third kappa shape index (κ3) is 3.88. The molecule has 2 aromatic rings. The number of piperidine rings is 1. The second-order valence-electron chi connectivity index (χ2n) is 6.44. The quantitative estimate of drug-likeness (QED) is 0.785. The number of carbonyl (C=O) groups is 1. The van der Waals surface area contributed by atoms with Gasteiger partial charge in [-0.2, -0.15) is 4.98 Å². The topological polar surface area (TPSA) is 103 Å². The normalized spacial score (nSPS) is 21.2. The minimum Gasteiger partial charge on any atom is -0.368 e. The van der Waals surface area contributed by atoms with E-state index in [0.29, 0.717) is 37.1 Å². The Hall–Kier alpha value is -2.39. The highest BCUT2D eigenvalue weighted by Crippen LogP contribution is 2.20. The van der Waals surface area contributed by atoms with Crippen molar-refractivity contribution in [1.29, 1.82) is 0 Å². The highest BCUT2D eigenvalue weighted by atomic mass is 16.5. The van der Waals surface area contributed by atoms with E-state index in [1.807, 2.05) is 4.90 Å². The molecule has 9 heteroatoms. The third-order valence-electron chi connectivity index (χ3n) is 4.66. The molecule has 2 aliphatic rings. The van der Waals surface area contributed by atoms with E-state index in [1.165, 1.54) is 0 Å². The largest absolute Gasteiger partial charge is 0.368 e. The minimum absolute atomic E-state index is 0.0791. The molecule has 0 spiro atoms. The van der Waals surface area contributed by atoms with Gasteiger partial charge < -0.3 is 18.9 Å². The molecule has 4 heterocycles. The van der Waals surface area contributed by atoms with Crippen LogP contribution < -0.4 is 0 Å². The molecular weight excluding hydrogens is 338 g/mol. The number of carbonyl (C=O) groups excluding carboxylic acids is 1. The summed E-state index contributed by atoms with van der Waals surface area (Å²) >= 11 is 0. The summed E-state index contributed by atoms with van der Waals surface area (Å²) < 4.78 is 16.6. The summed E-state index contributed by atoms with van der Waals surface area (Å²) in [6.07, 6.45) is 7.97. The Balaban J connectivity index is 1.24. The molecule has 2 aliphatic heterocycles. The zero-order chi connectivity index (χ0) is 17.8. The summed E-state index contributed by atoms with van der Waals surface area (Å²) in [4.78, 5) is 26.6. The van der Waals surface area contributed by atoms with Gasteiger partial charge in [0, 0.05) is 32.1 Å². The van der Waals surface area contributed by atoms with Gasteiger partial charge in [-0.1, -0.05) is 5.16 Å². The van der Waals surface area contributed by atoms with E-state index >= 15 is 0 Å². The summed E-state index contributed by atoms with van der Waals surface area (Å²) in [5, 5.41) is 3.89. The van der Waals surface area contributed by atoms with Gasteiger partial charge in [-0.25, -0.2) is 4.98 Å². The molecule has 2 saturated heterocycles. The SMILES string of the molecule is O=C([C@H]1CCCO1)N1CCC(OCc2nc(-c3cnccn3)no2)CC1. The van der Waals surface area contributed by atoms with Gasteiger partial charge in [-0.3, -0.25) is 9.78 Å². The lowest BCUT2D eigenvalue weighted by Gasteiger charge is -2.33. The van der Waals surface area contributed by atoms with Gasteiger partial charge in [0.25, 0.3) is 11.8 Å².